The number of halogens is 4. The van der Waals surface area contributed by atoms with Crippen molar-refractivity contribution in [2.24, 2.45) is 0 Å². The van der Waals surface area contributed by atoms with Crippen LogP contribution in [0.4, 0.5) is 18.9 Å². The van der Waals surface area contributed by atoms with E-state index >= 15 is 0 Å². The summed E-state index contributed by atoms with van der Waals surface area (Å²) in [6.07, 6.45) is 2.61. The van der Waals surface area contributed by atoms with E-state index in [0.29, 0.717) is 29.6 Å². The number of hydrogen-bond acceptors (Lipinski definition) is 4. The zero-order valence-corrected chi connectivity index (χ0v) is 19.3. The second-order valence-corrected chi connectivity index (χ2v) is 10.4. The highest BCUT2D eigenvalue weighted by Crippen LogP contribution is 2.44. The van der Waals surface area contributed by atoms with Crippen LogP contribution in [0, 0.1) is 17.5 Å². The number of sulfone groups is 1. The van der Waals surface area contributed by atoms with E-state index in [1.54, 1.807) is 12.1 Å². The molecular formula is C25H18ClF3N2O2S. The molecule has 4 aromatic rings. The van der Waals surface area contributed by atoms with Crippen LogP contribution in [0.25, 0.3) is 10.9 Å². The number of pyridine rings is 1. The maximum Gasteiger partial charge on any atom is 0.210 e. The van der Waals surface area contributed by atoms with Gasteiger partial charge < -0.3 is 4.90 Å². The summed E-state index contributed by atoms with van der Waals surface area (Å²) in [5.41, 5.74) is 1.34. The molecular weight excluding hydrogens is 485 g/mol. The minimum Gasteiger partial charge on any atom is -0.363 e. The molecule has 1 aromatic heterocycles. The Morgan fingerprint density at radius 3 is 2.53 bits per heavy atom. The molecule has 1 atom stereocenters. The van der Waals surface area contributed by atoms with Gasteiger partial charge in [-0.25, -0.2) is 21.6 Å². The van der Waals surface area contributed by atoms with Crippen LogP contribution >= 0.6 is 11.6 Å². The normalized spacial score (nSPS) is 16.4. The smallest absolute Gasteiger partial charge is 0.210 e. The van der Waals surface area contributed by atoms with Crippen molar-refractivity contribution in [3.8, 4) is 0 Å². The molecule has 0 bridgehead atoms. The van der Waals surface area contributed by atoms with Crippen LogP contribution in [0.5, 0.6) is 0 Å². The van der Waals surface area contributed by atoms with Gasteiger partial charge in [-0.2, -0.15) is 0 Å². The Kier molecular flexibility index (Phi) is 5.73. The minimum atomic E-state index is -4.18. The number of benzene rings is 3. The summed E-state index contributed by atoms with van der Waals surface area (Å²) < 4.78 is 69.1. The zero-order valence-electron chi connectivity index (χ0n) is 17.7. The summed E-state index contributed by atoms with van der Waals surface area (Å²) in [5, 5.41) is 0.122. The van der Waals surface area contributed by atoms with Crippen molar-refractivity contribution in [2.45, 2.75) is 28.7 Å². The first-order valence-corrected chi connectivity index (χ1v) is 12.4. The number of nitrogens with zero attached hydrogens (tertiary/aromatic N) is 2. The molecule has 0 saturated carbocycles. The van der Waals surface area contributed by atoms with E-state index in [0.717, 1.165) is 24.6 Å². The molecule has 0 amide bonds. The highest BCUT2D eigenvalue weighted by molar-refractivity contribution is 7.91. The summed E-state index contributed by atoms with van der Waals surface area (Å²) >= 11 is 5.86. The van der Waals surface area contributed by atoms with E-state index < -0.39 is 21.5 Å². The highest BCUT2D eigenvalue weighted by Gasteiger charge is 2.34. The predicted octanol–water partition coefficient (Wildman–Crippen LogP) is 6.48. The molecule has 1 fully saturated rings. The molecule has 0 N–H and O–H groups in total. The molecule has 5 rings (SSSR count). The Balaban J connectivity index is 1.76. The number of hydrogen-bond donors (Lipinski definition) is 0. The number of anilines is 1. The van der Waals surface area contributed by atoms with Gasteiger partial charge in [-0.3, -0.25) is 4.98 Å². The van der Waals surface area contributed by atoms with E-state index in [4.69, 9.17) is 11.6 Å². The topological polar surface area (TPSA) is 50.3 Å². The average Bonchev–Trinajstić information content (AvgIpc) is 3.29. The predicted molar refractivity (Wildman–Crippen MR) is 124 cm³/mol. The van der Waals surface area contributed by atoms with Gasteiger partial charge >= 0.3 is 0 Å². The van der Waals surface area contributed by atoms with Crippen LogP contribution < -0.4 is 4.90 Å². The van der Waals surface area contributed by atoms with Crippen molar-refractivity contribution in [1.82, 2.24) is 4.98 Å². The van der Waals surface area contributed by atoms with E-state index in [1.165, 1.54) is 36.5 Å². The van der Waals surface area contributed by atoms with Crippen LogP contribution in [0.1, 0.15) is 24.4 Å². The Hall–Kier alpha value is -3.10. The van der Waals surface area contributed by atoms with E-state index in [2.05, 4.69) is 4.98 Å². The molecule has 3 aromatic carbocycles. The second kappa shape index (κ2) is 8.60. The maximum absolute atomic E-state index is 14.0. The van der Waals surface area contributed by atoms with Gasteiger partial charge in [0.15, 0.2) is 0 Å². The third-order valence-electron chi connectivity index (χ3n) is 6.03. The standard InChI is InChI=1S/C25H18ClF3N2O2S/c26-20-13-18(7-9-21(20)29)34(32,33)24-14-30-22-12-17(28)6-8-19(22)25(24)31-10-2-5-23(31)15-3-1-4-16(27)11-15/h1,3-4,6-9,11-14,23H,2,5,10H2. The first-order valence-electron chi connectivity index (χ1n) is 10.6. The zero-order chi connectivity index (χ0) is 24.0. The Bertz CT molecular complexity index is 1530. The summed E-state index contributed by atoms with van der Waals surface area (Å²) in [6, 6.07) is 13.0. The Labute approximate surface area is 199 Å². The SMILES string of the molecule is O=S(=O)(c1ccc(F)c(Cl)c1)c1cnc2cc(F)ccc2c1N1CCCC1c1cccc(F)c1. The number of aromatic nitrogens is 1. The van der Waals surface area contributed by atoms with Crippen LogP contribution in [0.2, 0.25) is 5.02 Å². The van der Waals surface area contributed by atoms with Crippen molar-refractivity contribution in [3.05, 3.63) is 94.9 Å². The van der Waals surface area contributed by atoms with Gasteiger partial charge in [0.2, 0.25) is 9.84 Å². The van der Waals surface area contributed by atoms with Gasteiger partial charge in [0.25, 0.3) is 0 Å². The molecule has 4 nitrogen and oxygen atoms in total. The van der Waals surface area contributed by atoms with E-state index in [9.17, 15) is 21.6 Å². The third kappa shape index (κ3) is 3.91. The van der Waals surface area contributed by atoms with Crippen molar-refractivity contribution >= 4 is 38.0 Å². The van der Waals surface area contributed by atoms with Gasteiger partial charge in [0.1, 0.15) is 22.3 Å². The molecule has 34 heavy (non-hydrogen) atoms. The summed E-state index contributed by atoms with van der Waals surface area (Å²) in [4.78, 5) is 5.80. The lowest BCUT2D eigenvalue weighted by Gasteiger charge is -2.30. The Morgan fingerprint density at radius 2 is 1.76 bits per heavy atom. The number of fused-ring (bicyclic) bond motifs is 1. The van der Waals surface area contributed by atoms with Crippen molar-refractivity contribution in [3.63, 3.8) is 0 Å². The molecule has 1 saturated heterocycles. The lowest BCUT2D eigenvalue weighted by Crippen LogP contribution is -2.25. The van der Waals surface area contributed by atoms with Crippen LogP contribution in [0.15, 0.2) is 76.7 Å². The molecule has 1 aliphatic rings. The summed E-state index contributed by atoms with van der Waals surface area (Å²) in [6.45, 7) is 0.504. The van der Waals surface area contributed by atoms with Crippen molar-refractivity contribution in [1.29, 1.82) is 0 Å². The van der Waals surface area contributed by atoms with Gasteiger partial charge in [-0.05, 0) is 60.9 Å². The molecule has 9 heteroatoms. The fourth-order valence-electron chi connectivity index (χ4n) is 4.49. The Morgan fingerprint density at radius 1 is 0.971 bits per heavy atom. The van der Waals surface area contributed by atoms with Gasteiger partial charge in [-0.1, -0.05) is 23.7 Å². The molecule has 1 unspecified atom stereocenters. The summed E-state index contributed by atoms with van der Waals surface area (Å²) in [7, 11) is -4.18. The largest absolute Gasteiger partial charge is 0.363 e. The molecule has 2 heterocycles. The lowest BCUT2D eigenvalue weighted by molar-refractivity contribution is 0.593. The van der Waals surface area contributed by atoms with Crippen LogP contribution in [-0.2, 0) is 9.84 Å². The van der Waals surface area contributed by atoms with Gasteiger partial charge in [0.05, 0.1) is 27.2 Å². The van der Waals surface area contributed by atoms with Crippen molar-refractivity contribution < 1.29 is 21.6 Å². The third-order valence-corrected chi connectivity index (χ3v) is 8.08. The molecule has 1 aliphatic heterocycles. The van der Waals surface area contributed by atoms with E-state index in [-0.39, 0.29) is 32.2 Å². The molecule has 0 radical (unpaired) electrons. The first kappa shape index (κ1) is 22.7. The summed E-state index contributed by atoms with van der Waals surface area (Å²) in [5.74, 6) is -1.63. The van der Waals surface area contributed by atoms with Gasteiger partial charge in [-0.15, -0.1) is 0 Å². The lowest BCUT2D eigenvalue weighted by atomic mass is 10.0. The monoisotopic (exact) mass is 502 g/mol. The van der Waals surface area contributed by atoms with Crippen LogP contribution in [-0.4, -0.2) is 19.9 Å². The van der Waals surface area contributed by atoms with Gasteiger partial charge in [0, 0.05) is 24.2 Å². The first-order chi connectivity index (χ1) is 16.3. The maximum atomic E-state index is 14.0. The molecule has 0 spiro atoms. The fourth-order valence-corrected chi connectivity index (χ4v) is 6.19. The fraction of sp³-hybridized carbons (Fsp3) is 0.160. The van der Waals surface area contributed by atoms with Crippen LogP contribution in [0.3, 0.4) is 0 Å². The molecule has 174 valence electrons. The second-order valence-electron chi connectivity index (χ2n) is 8.12. The minimum absolute atomic E-state index is 0.113. The molecule has 0 aliphatic carbocycles. The number of rotatable bonds is 4. The van der Waals surface area contributed by atoms with E-state index in [1.807, 2.05) is 4.90 Å². The quantitative estimate of drug-likeness (QED) is 0.300. The highest BCUT2D eigenvalue weighted by atomic mass is 35.5. The van der Waals surface area contributed by atoms with Crippen molar-refractivity contribution in [2.75, 3.05) is 11.4 Å². The average molecular weight is 503 g/mol.